The van der Waals surface area contributed by atoms with E-state index in [1.165, 1.54) is 0 Å². The van der Waals surface area contributed by atoms with Gasteiger partial charge in [0.2, 0.25) is 0 Å². The molecular weight excluding hydrogens is 648 g/mol. The SMILES string of the molecule is Cc1cc(C)cc(N2C(=O)c3cc(F)c4c5c(F)cc6c7c(cc(F)c(c8c(F)cc(c3c48)C2=O)c75)C(=O)N(c2cc(C)cc(C)c2)C6=O)c1. The van der Waals surface area contributed by atoms with Gasteiger partial charge in [0.1, 0.15) is 23.3 Å². The fraction of sp³-hybridized carbons (Fsp3) is 0.100. The molecule has 0 bridgehead atoms. The molecule has 0 saturated heterocycles. The first kappa shape index (κ1) is 29.9. The molecule has 7 aromatic rings. The van der Waals surface area contributed by atoms with Crippen LogP contribution in [0.1, 0.15) is 63.7 Å². The van der Waals surface area contributed by atoms with E-state index >= 15 is 17.6 Å². The number of carbonyl (C=O) groups excluding carboxylic acids is 4. The van der Waals surface area contributed by atoms with E-state index in [0.717, 1.165) is 56.3 Å². The van der Waals surface area contributed by atoms with Crippen LogP contribution in [0.5, 0.6) is 0 Å². The van der Waals surface area contributed by atoms with Gasteiger partial charge in [0.15, 0.2) is 0 Å². The molecule has 0 radical (unpaired) electrons. The third-order valence-corrected chi connectivity index (χ3v) is 9.78. The van der Waals surface area contributed by atoms with E-state index in [0.29, 0.717) is 0 Å². The van der Waals surface area contributed by atoms with Gasteiger partial charge in [-0.2, -0.15) is 0 Å². The number of carbonyl (C=O) groups is 4. The van der Waals surface area contributed by atoms with Crippen molar-refractivity contribution < 1.29 is 36.7 Å². The van der Waals surface area contributed by atoms with Gasteiger partial charge < -0.3 is 0 Å². The highest BCUT2D eigenvalue weighted by Crippen LogP contribution is 2.50. The highest BCUT2D eigenvalue weighted by Gasteiger charge is 2.41. The van der Waals surface area contributed by atoms with Crippen LogP contribution in [0.2, 0.25) is 0 Å². The second-order valence-electron chi connectivity index (χ2n) is 13.2. The number of anilines is 2. The summed E-state index contributed by atoms with van der Waals surface area (Å²) in [6, 6.07) is 13.5. The first-order valence-corrected chi connectivity index (χ1v) is 15.7. The van der Waals surface area contributed by atoms with Crippen molar-refractivity contribution >= 4 is 78.1 Å². The molecule has 6 nitrogen and oxygen atoms in total. The van der Waals surface area contributed by atoms with Gasteiger partial charge in [-0.1, -0.05) is 12.1 Å². The van der Waals surface area contributed by atoms with Crippen molar-refractivity contribution in [3.63, 3.8) is 0 Å². The average molecular weight is 671 g/mol. The number of hydrogen-bond acceptors (Lipinski definition) is 4. The summed E-state index contributed by atoms with van der Waals surface area (Å²) < 4.78 is 66.1. The molecule has 50 heavy (non-hydrogen) atoms. The molecule has 0 spiro atoms. The highest BCUT2D eigenvalue weighted by atomic mass is 19.1. The molecule has 2 aliphatic rings. The van der Waals surface area contributed by atoms with Crippen LogP contribution in [0.15, 0.2) is 60.7 Å². The molecule has 2 aliphatic heterocycles. The Morgan fingerprint density at radius 3 is 0.820 bits per heavy atom. The number of amides is 4. The van der Waals surface area contributed by atoms with E-state index in [4.69, 9.17) is 0 Å². The van der Waals surface area contributed by atoms with Gasteiger partial charge in [-0.05, 0) is 98.5 Å². The monoisotopic (exact) mass is 670 g/mol. The highest BCUT2D eigenvalue weighted by molar-refractivity contribution is 6.45. The van der Waals surface area contributed by atoms with E-state index < -0.39 is 68.4 Å². The summed E-state index contributed by atoms with van der Waals surface area (Å²) in [5.74, 6) is -8.11. The van der Waals surface area contributed by atoms with Crippen molar-refractivity contribution in [1.82, 2.24) is 0 Å². The quantitative estimate of drug-likeness (QED) is 0.0796. The van der Waals surface area contributed by atoms with Gasteiger partial charge in [-0.25, -0.2) is 27.4 Å². The topological polar surface area (TPSA) is 74.8 Å². The summed E-state index contributed by atoms with van der Waals surface area (Å²) in [5.41, 5.74) is 2.20. The lowest BCUT2D eigenvalue weighted by Gasteiger charge is -2.31. The molecular formula is C40H22F4N2O4. The van der Waals surface area contributed by atoms with Crippen molar-refractivity contribution in [3.8, 4) is 0 Å². The van der Waals surface area contributed by atoms with Gasteiger partial charge in [0, 0.05) is 43.1 Å². The van der Waals surface area contributed by atoms with Crippen molar-refractivity contribution in [1.29, 1.82) is 0 Å². The zero-order chi connectivity index (χ0) is 35.2. The van der Waals surface area contributed by atoms with Crippen molar-refractivity contribution in [2.45, 2.75) is 27.7 Å². The lowest BCUT2D eigenvalue weighted by molar-refractivity contribution is 0.0877. The maximum Gasteiger partial charge on any atom is 0.266 e. The smallest absolute Gasteiger partial charge is 0.266 e. The molecule has 244 valence electrons. The number of halogens is 4. The Bertz CT molecular complexity index is 2480. The van der Waals surface area contributed by atoms with Crippen molar-refractivity contribution in [3.05, 3.63) is 128 Å². The minimum atomic E-state index is -1.13. The largest absolute Gasteiger partial charge is 0.268 e. The van der Waals surface area contributed by atoms with E-state index in [1.807, 2.05) is 12.1 Å². The van der Waals surface area contributed by atoms with Gasteiger partial charge >= 0.3 is 0 Å². The molecule has 0 unspecified atom stereocenters. The van der Waals surface area contributed by atoms with Crippen molar-refractivity contribution in [2.24, 2.45) is 0 Å². The molecule has 4 amide bonds. The second-order valence-corrected chi connectivity index (χ2v) is 13.2. The predicted molar refractivity (Wildman–Crippen MR) is 182 cm³/mol. The third kappa shape index (κ3) is 3.67. The summed E-state index contributed by atoms with van der Waals surface area (Å²) in [4.78, 5) is 57.6. The lowest BCUT2D eigenvalue weighted by atomic mass is 9.81. The number of fused-ring (bicyclic) bond motifs is 2. The van der Waals surface area contributed by atoms with Crippen LogP contribution in [-0.4, -0.2) is 23.6 Å². The molecule has 9 rings (SSSR count). The summed E-state index contributed by atoms with van der Waals surface area (Å²) >= 11 is 0. The van der Waals surface area contributed by atoms with Gasteiger partial charge in [-0.15, -0.1) is 0 Å². The maximum atomic E-state index is 16.5. The van der Waals surface area contributed by atoms with E-state index in [2.05, 4.69) is 0 Å². The fourth-order valence-corrected chi connectivity index (χ4v) is 8.09. The summed E-state index contributed by atoms with van der Waals surface area (Å²) in [6.07, 6.45) is 0. The molecule has 0 atom stereocenters. The molecule has 0 aliphatic carbocycles. The van der Waals surface area contributed by atoms with E-state index in [9.17, 15) is 19.2 Å². The number of benzene rings is 7. The lowest BCUT2D eigenvalue weighted by Crippen LogP contribution is -2.41. The molecule has 0 aromatic heterocycles. The van der Waals surface area contributed by atoms with Crippen LogP contribution < -0.4 is 9.80 Å². The molecule has 0 fully saturated rings. The second kappa shape index (κ2) is 9.72. The Hall–Kier alpha value is -6.16. The minimum Gasteiger partial charge on any atom is -0.268 e. The van der Waals surface area contributed by atoms with Crippen LogP contribution in [-0.2, 0) is 0 Å². The first-order chi connectivity index (χ1) is 23.8. The number of rotatable bonds is 2. The summed E-state index contributed by atoms with van der Waals surface area (Å²) in [5, 5.41) is -3.05. The molecule has 2 heterocycles. The number of aryl methyl sites for hydroxylation is 4. The summed E-state index contributed by atoms with van der Waals surface area (Å²) in [6.45, 7) is 7.08. The van der Waals surface area contributed by atoms with E-state index in [1.54, 1.807) is 52.0 Å². The molecule has 0 N–H and O–H groups in total. The van der Waals surface area contributed by atoms with Crippen molar-refractivity contribution in [2.75, 3.05) is 9.80 Å². The van der Waals surface area contributed by atoms with Gasteiger partial charge in [0.25, 0.3) is 23.6 Å². The zero-order valence-corrected chi connectivity index (χ0v) is 26.8. The molecule has 10 heteroatoms. The number of imide groups is 2. The van der Waals surface area contributed by atoms with Crippen LogP contribution >= 0.6 is 0 Å². The Balaban J connectivity index is 1.40. The number of hydrogen-bond donors (Lipinski definition) is 0. The van der Waals surface area contributed by atoms with Crippen LogP contribution in [0, 0.1) is 51.0 Å². The Morgan fingerprint density at radius 1 is 0.340 bits per heavy atom. The summed E-state index contributed by atoms with van der Waals surface area (Å²) in [7, 11) is 0. The normalized spacial score (nSPS) is 14.5. The van der Waals surface area contributed by atoms with Crippen LogP contribution in [0.3, 0.4) is 0 Å². The van der Waals surface area contributed by atoms with Crippen LogP contribution in [0.25, 0.3) is 43.1 Å². The van der Waals surface area contributed by atoms with E-state index in [-0.39, 0.29) is 55.2 Å². The fourth-order valence-electron chi connectivity index (χ4n) is 8.09. The Labute approximate surface area is 280 Å². The standard InChI is InChI=1S/C40H22F4N2O4/c1-15-5-16(2)8-19(7-15)45-37(47)21-11-25(41)31-33-27(43)13-23-30-24(40(50)46(39(23)49)20-9-17(3)6-18(4)10-20)14-28(44)34(36(30)33)32-26(42)12-22(38(45)48)29(21)35(31)32/h5-14H,1-4H3. The third-order valence-electron chi connectivity index (χ3n) is 9.78. The zero-order valence-electron chi connectivity index (χ0n) is 26.8. The Kier molecular flexibility index (Phi) is 5.82. The molecule has 7 aromatic carbocycles. The minimum absolute atomic E-state index is 0.153. The Morgan fingerprint density at radius 2 is 0.580 bits per heavy atom. The van der Waals surface area contributed by atoms with Gasteiger partial charge in [0.05, 0.1) is 33.6 Å². The number of nitrogens with zero attached hydrogens (tertiary/aromatic N) is 2. The average Bonchev–Trinajstić information content (AvgIpc) is 3.03. The van der Waals surface area contributed by atoms with Gasteiger partial charge in [-0.3, -0.25) is 19.2 Å². The first-order valence-electron chi connectivity index (χ1n) is 15.7. The molecule has 0 saturated carbocycles. The van der Waals surface area contributed by atoms with Crippen LogP contribution in [0.4, 0.5) is 28.9 Å². The predicted octanol–water partition coefficient (Wildman–Crippen LogP) is 9.13. The maximum absolute atomic E-state index is 16.5.